The van der Waals surface area contributed by atoms with Crippen molar-refractivity contribution in [3.05, 3.63) is 0 Å². The zero-order valence-electron chi connectivity index (χ0n) is 70.5. The molecule has 3 N–H and O–H groups in total. The van der Waals surface area contributed by atoms with E-state index in [1.807, 2.05) is 21.1 Å². The van der Waals surface area contributed by atoms with E-state index in [-0.39, 0.29) is 51.5 Å². The first-order valence-corrected chi connectivity index (χ1v) is 47.7. The van der Waals surface area contributed by atoms with Crippen LogP contribution in [0.1, 0.15) is 439 Å². The summed E-state index contributed by atoms with van der Waals surface area (Å²) >= 11 is 0. The molecule has 0 amide bonds. The molecule has 4 unspecified atom stereocenters. The normalized spacial score (nSPS) is 13.7. The Hall–Kier alpha value is -2.02. The van der Waals surface area contributed by atoms with Crippen LogP contribution in [0.4, 0.5) is 0 Å². The summed E-state index contributed by atoms with van der Waals surface area (Å²) in [5.74, 6) is -1.73. The highest BCUT2D eigenvalue weighted by Gasteiger charge is 2.28. The minimum atomic E-state index is -4.62. The zero-order valence-corrected chi connectivity index (χ0v) is 72.2. The molecule has 0 radical (unpaired) electrons. The summed E-state index contributed by atoms with van der Waals surface area (Å²) in [6.07, 6.45) is 71.8. The van der Waals surface area contributed by atoms with Crippen molar-refractivity contribution in [2.45, 2.75) is 457 Å². The number of aliphatic hydroxyl groups is 2. The first-order chi connectivity index (χ1) is 51.7. The van der Waals surface area contributed by atoms with Gasteiger partial charge in [-0.25, -0.2) is 4.57 Å². The van der Waals surface area contributed by atoms with Gasteiger partial charge < -0.3 is 52.5 Å². The van der Waals surface area contributed by atoms with E-state index in [4.69, 9.17) is 42.1 Å². The van der Waals surface area contributed by atoms with Crippen LogP contribution in [-0.2, 0) is 65.4 Å². The lowest BCUT2D eigenvalue weighted by molar-refractivity contribution is -0.870. The molecule has 0 rings (SSSR count). The molecule has 0 aromatic heterocycles. The van der Waals surface area contributed by atoms with Crippen LogP contribution in [-0.4, -0.2) is 136 Å². The monoisotopic (exact) mass is 1570 g/mol. The highest BCUT2D eigenvalue weighted by molar-refractivity contribution is 7.47. The van der Waals surface area contributed by atoms with E-state index in [9.17, 15) is 43.2 Å². The Labute approximate surface area is 657 Å². The van der Waals surface area contributed by atoms with Crippen LogP contribution in [0, 0.1) is 0 Å². The number of rotatable bonds is 84. The number of nitrogens with zero attached hydrogens (tertiary/aromatic N) is 1. The van der Waals surface area contributed by atoms with Crippen LogP contribution in [0.15, 0.2) is 0 Å². The van der Waals surface area contributed by atoms with Gasteiger partial charge in [0, 0.05) is 25.7 Å². The molecule has 638 valence electrons. The second-order valence-corrected chi connectivity index (χ2v) is 34.7. The predicted octanol–water partition coefficient (Wildman–Crippen LogP) is 23.6. The van der Waals surface area contributed by atoms with E-state index in [0.717, 1.165) is 64.2 Å². The fraction of sp³-hybridized carbons (Fsp3) is 0.953. The lowest BCUT2D eigenvalue weighted by Gasteiger charge is -2.28. The second kappa shape index (κ2) is 80.6. The standard InChI is InChI=1S/C44H88NO8P.C42H83O10P/c1-6-8-10-12-14-16-18-20-22-24-26-28-30-32-34-36-43(46)50-40-42(41-52-54(48,49)51-39-38-45(3,4)5)53-44(47)37-35-33-31-29-27-25-23-21-19-17-15-13-11-9-7-2;1-3-5-7-9-11-13-15-17-19-21-23-25-27-29-31-33-41(45)49-37-40(38-51-53(47,48)50-36-39(44)35-43)52-42(46)34-32-30-28-26-24-22-20-18-16-14-12-10-8-6-4-2/h42H,6-41H2,1-5H3;39-40,43-44H,3-38H2,1-2H3,(H,47,48)/t42-;/m1./s1. The molecule has 0 spiro atoms. The van der Waals surface area contributed by atoms with E-state index in [1.54, 1.807) is 0 Å². The number of ether oxygens (including phenoxy) is 4. The van der Waals surface area contributed by atoms with Crippen LogP contribution in [0.3, 0.4) is 0 Å². The maximum absolute atomic E-state index is 12.7. The van der Waals surface area contributed by atoms with Gasteiger partial charge in [-0.15, -0.1) is 0 Å². The third-order valence-corrected chi connectivity index (χ3v) is 21.8. The highest BCUT2D eigenvalue weighted by atomic mass is 31.2. The Balaban J connectivity index is 0. The Morgan fingerprint density at radius 2 is 0.533 bits per heavy atom. The van der Waals surface area contributed by atoms with Crippen molar-refractivity contribution in [3.8, 4) is 0 Å². The van der Waals surface area contributed by atoms with Crippen molar-refractivity contribution < 1.29 is 89.8 Å². The van der Waals surface area contributed by atoms with Gasteiger partial charge in [0.15, 0.2) is 12.2 Å². The topological polar surface area (TPSA) is 260 Å². The van der Waals surface area contributed by atoms with Crippen LogP contribution < -0.4 is 4.89 Å². The maximum Gasteiger partial charge on any atom is 0.472 e. The van der Waals surface area contributed by atoms with Crippen LogP contribution in [0.2, 0.25) is 0 Å². The Kier molecular flexibility index (Phi) is 80.6. The van der Waals surface area contributed by atoms with Gasteiger partial charge in [-0.1, -0.05) is 387 Å². The molecular weight excluding hydrogens is 1400 g/mol. The summed E-state index contributed by atoms with van der Waals surface area (Å²) in [5, 5.41) is 18.3. The van der Waals surface area contributed by atoms with Crippen molar-refractivity contribution >= 4 is 39.5 Å². The molecule has 0 aromatic carbocycles. The van der Waals surface area contributed by atoms with Crippen molar-refractivity contribution in [3.63, 3.8) is 0 Å². The molecule has 0 heterocycles. The first-order valence-electron chi connectivity index (χ1n) is 44.7. The Morgan fingerprint density at radius 1 is 0.318 bits per heavy atom. The van der Waals surface area contributed by atoms with Crippen molar-refractivity contribution in [1.29, 1.82) is 0 Å². The van der Waals surface area contributed by atoms with Gasteiger partial charge in [-0.3, -0.25) is 32.8 Å². The van der Waals surface area contributed by atoms with Gasteiger partial charge in [0.25, 0.3) is 7.82 Å². The number of aliphatic hydroxyl groups excluding tert-OH is 2. The average Bonchev–Trinajstić information content (AvgIpc) is 0.918. The summed E-state index contributed by atoms with van der Waals surface area (Å²) in [4.78, 5) is 72.5. The number of phosphoric acid groups is 2. The number of carbonyl (C=O) groups is 4. The molecule has 0 fully saturated rings. The summed E-state index contributed by atoms with van der Waals surface area (Å²) in [6.45, 7) is 6.69. The van der Waals surface area contributed by atoms with Crippen molar-refractivity contribution in [2.75, 3.05) is 73.9 Å². The molecular formula is C86H171NO18P2. The van der Waals surface area contributed by atoms with Gasteiger partial charge in [-0.2, -0.15) is 0 Å². The molecule has 5 atom stereocenters. The van der Waals surface area contributed by atoms with Gasteiger partial charge in [0.05, 0.1) is 47.6 Å². The molecule has 19 nitrogen and oxygen atoms in total. The third kappa shape index (κ3) is 86.2. The lowest BCUT2D eigenvalue weighted by atomic mass is 10.0. The van der Waals surface area contributed by atoms with Gasteiger partial charge in [0.1, 0.15) is 32.5 Å². The number of quaternary nitrogens is 1. The molecule has 0 aromatic rings. The highest BCUT2D eigenvalue weighted by Crippen LogP contribution is 2.43. The van der Waals surface area contributed by atoms with Gasteiger partial charge >= 0.3 is 31.7 Å². The number of carbonyl (C=O) groups excluding carboxylic acids is 4. The molecule has 0 saturated carbocycles. The molecule has 0 bridgehead atoms. The van der Waals surface area contributed by atoms with Gasteiger partial charge in [-0.05, 0) is 25.7 Å². The zero-order chi connectivity index (χ0) is 79.1. The number of phosphoric ester groups is 2. The fourth-order valence-electron chi connectivity index (χ4n) is 12.9. The fourth-order valence-corrected chi connectivity index (χ4v) is 14.4. The SMILES string of the molecule is CCCCCCCCCCCCCCCCCC(=O)OCC(COP(=O)(O)OCC(O)CO)OC(=O)CCCCCCCCCCCCCCCCC.CCCCCCCCCCCCCCCCCC(=O)OC[C@H](COP(=O)([O-])OCC[N+](C)(C)C)OC(=O)CCCCCCCCCCCCCCCCC. The number of esters is 4. The van der Waals surface area contributed by atoms with E-state index in [0.29, 0.717) is 30.3 Å². The maximum atomic E-state index is 12.7. The molecule has 0 aliphatic heterocycles. The average molecular weight is 1570 g/mol. The number of hydrogen-bond acceptors (Lipinski definition) is 17. The molecule has 21 heteroatoms. The third-order valence-electron chi connectivity index (χ3n) is 19.9. The Morgan fingerprint density at radius 3 is 0.766 bits per heavy atom. The molecule has 0 saturated heterocycles. The van der Waals surface area contributed by atoms with E-state index in [2.05, 4.69) is 27.7 Å². The quantitative estimate of drug-likeness (QED) is 0.0168. The van der Waals surface area contributed by atoms with E-state index < -0.39 is 78.3 Å². The second-order valence-electron chi connectivity index (χ2n) is 31.9. The minimum Gasteiger partial charge on any atom is -0.756 e. The lowest BCUT2D eigenvalue weighted by Crippen LogP contribution is -2.37. The number of unbranched alkanes of at least 4 members (excludes halogenated alkanes) is 56. The van der Waals surface area contributed by atoms with Crippen LogP contribution in [0.5, 0.6) is 0 Å². The molecule has 107 heavy (non-hydrogen) atoms. The Bertz CT molecular complexity index is 2030. The summed E-state index contributed by atoms with van der Waals surface area (Å²) in [5.41, 5.74) is 0. The summed E-state index contributed by atoms with van der Waals surface area (Å²) in [7, 11) is -3.42. The summed E-state index contributed by atoms with van der Waals surface area (Å²) < 4.78 is 66.6. The van der Waals surface area contributed by atoms with Crippen LogP contribution in [0.25, 0.3) is 0 Å². The smallest absolute Gasteiger partial charge is 0.472 e. The van der Waals surface area contributed by atoms with Gasteiger partial charge in [0.2, 0.25) is 0 Å². The largest absolute Gasteiger partial charge is 0.756 e. The first kappa shape index (κ1) is 107. The minimum absolute atomic E-state index is 0.0256. The van der Waals surface area contributed by atoms with Crippen molar-refractivity contribution in [1.82, 2.24) is 0 Å². The number of hydrogen-bond donors (Lipinski definition) is 3. The number of likely N-dealkylation sites (N-methyl/N-ethyl adjacent to an activating group) is 1. The van der Waals surface area contributed by atoms with Crippen molar-refractivity contribution in [2.24, 2.45) is 0 Å². The van der Waals surface area contributed by atoms with E-state index >= 15 is 0 Å². The predicted molar refractivity (Wildman–Crippen MR) is 437 cm³/mol. The molecule has 0 aliphatic rings. The summed E-state index contributed by atoms with van der Waals surface area (Å²) in [6, 6.07) is 0. The molecule has 0 aliphatic carbocycles. The van der Waals surface area contributed by atoms with E-state index in [1.165, 1.54) is 302 Å². The van der Waals surface area contributed by atoms with Crippen LogP contribution >= 0.6 is 15.6 Å².